The van der Waals surface area contributed by atoms with Crippen LogP contribution in [0.4, 0.5) is 0 Å². The third-order valence-electron chi connectivity index (χ3n) is 6.19. The van der Waals surface area contributed by atoms with Crippen LogP contribution in [0.3, 0.4) is 0 Å². The predicted octanol–water partition coefficient (Wildman–Crippen LogP) is 9.05. The quantitative estimate of drug-likeness (QED) is 0.255. The Labute approximate surface area is 190 Å². The first-order valence-electron chi connectivity index (χ1n) is 12.4. The van der Waals surface area contributed by atoms with Crippen LogP contribution in [0, 0.1) is 0 Å². The minimum Gasteiger partial charge on any atom is -0.261 e. The topological polar surface area (TPSA) is 12.9 Å². The Morgan fingerprint density at radius 3 is 1.58 bits per heavy atom. The van der Waals surface area contributed by atoms with E-state index in [1.807, 2.05) is 6.20 Å². The Hall–Kier alpha value is -2.41. The van der Waals surface area contributed by atoms with Gasteiger partial charge in [0.15, 0.2) is 0 Å². The highest BCUT2D eigenvalue weighted by molar-refractivity contribution is 5.70. The lowest BCUT2D eigenvalue weighted by Gasteiger charge is -2.07. The summed E-state index contributed by atoms with van der Waals surface area (Å²) in [6.07, 6.45) is 16.2. The molecule has 0 fully saturated rings. The molecular weight excluding hydrogens is 374 g/mol. The van der Waals surface area contributed by atoms with Crippen LogP contribution in [0.2, 0.25) is 0 Å². The second-order valence-electron chi connectivity index (χ2n) is 8.79. The molecule has 0 spiro atoms. The third-order valence-corrected chi connectivity index (χ3v) is 6.19. The molecule has 0 atom stereocenters. The van der Waals surface area contributed by atoms with E-state index in [4.69, 9.17) is 4.98 Å². The first-order valence-corrected chi connectivity index (χ1v) is 12.4. The van der Waals surface area contributed by atoms with Gasteiger partial charge >= 0.3 is 0 Å². The van der Waals surface area contributed by atoms with Gasteiger partial charge in [0, 0.05) is 17.5 Å². The van der Waals surface area contributed by atoms with E-state index in [0.29, 0.717) is 0 Å². The Kier molecular flexibility index (Phi) is 9.83. The number of aromatic nitrogens is 1. The number of aryl methyl sites for hydroxylation is 2. The van der Waals surface area contributed by atoms with Crippen LogP contribution < -0.4 is 0 Å². The lowest BCUT2D eigenvalue weighted by atomic mass is 9.99. The smallest absolute Gasteiger partial charge is 0.0404 e. The maximum absolute atomic E-state index is 4.71. The van der Waals surface area contributed by atoms with Gasteiger partial charge in [-0.25, -0.2) is 0 Å². The highest BCUT2D eigenvalue weighted by atomic mass is 14.7. The van der Waals surface area contributed by atoms with E-state index in [9.17, 15) is 0 Å². The van der Waals surface area contributed by atoms with Gasteiger partial charge in [0.2, 0.25) is 0 Å². The SMILES string of the molecule is CCCCCCCCc1ccc(-c2ccc(-c3ccc(CCCCC)cc3)cc2)cn1. The van der Waals surface area contributed by atoms with Gasteiger partial charge in [-0.3, -0.25) is 4.98 Å². The van der Waals surface area contributed by atoms with Gasteiger partial charge in [-0.1, -0.05) is 113 Å². The van der Waals surface area contributed by atoms with Crippen LogP contribution in [0.5, 0.6) is 0 Å². The Balaban J connectivity index is 1.52. The number of hydrogen-bond acceptors (Lipinski definition) is 1. The number of nitrogens with zero attached hydrogens (tertiary/aromatic N) is 1. The molecule has 31 heavy (non-hydrogen) atoms. The van der Waals surface area contributed by atoms with E-state index in [0.717, 1.165) is 6.42 Å². The van der Waals surface area contributed by atoms with Crippen molar-refractivity contribution in [3.63, 3.8) is 0 Å². The summed E-state index contributed by atoms with van der Waals surface area (Å²) in [6.45, 7) is 4.53. The van der Waals surface area contributed by atoms with Crippen LogP contribution in [0.25, 0.3) is 22.3 Å². The maximum Gasteiger partial charge on any atom is 0.0404 e. The molecule has 3 aromatic rings. The molecule has 0 saturated carbocycles. The average Bonchev–Trinajstić information content (AvgIpc) is 2.82. The Bertz CT molecular complexity index is 860. The normalized spacial score (nSPS) is 11.0. The highest BCUT2D eigenvalue weighted by Crippen LogP contribution is 2.25. The van der Waals surface area contributed by atoms with E-state index in [1.54, 1.807) is 0 Å². The molecule has 2 aromatic carbocycles. The molecule has 0 unspecified atom stereocenters. The third kappa shape index (κ3) is 7.65. The summed E-state index contributed by atoms with van der Waals surface area (Å²) in [7, 11) is 0. The average molecular weight is 414 g/mol. The zero-order valence-electron chi connectivity index (χ0n) is 19.6. The van der Waals surface area contributed by atoms with E-state index in [-0.39, 0.29) is 0 Å². The second kappa shape index (κ2) is 13.1. The maximum atomic E-state index is 4.71. The zero-order chi connectivity index (χ0) is 21.7. The molecule has 3 rings (SSSR count). The Morgan fingerprint density at radius 1 is 0.484 bits per heavy atom. The summed E-state index contributed by atoms with van der Waals surface area (Å²) in [5.41, 5.74) is 7.66. The molecule has 0 amide bonds. The molecule has 0 saturated heterocycles. The molecule has 1 aromatic heterocycles. The monoisotopic (exact) mass is 413 g/mol. The molecule has 164 valence electrons. The van der Waals surface area contributed by atoms with Crippen molar-refractivity contribution in [3.8, 4) is 22.3 Å². The van der Waals surface area contributed by atoms with Gasteiger partial charge in [-0.05, 0) is 54.0 Å². The fraction of sp³-hybridized carbons (Fsp3) is 0.433. The Morgan fingerprint density at radius 2 is 0.968 bits per heavy atom. The van der Waals surface area contributed by atoms with E-state index in [2.05, 4.69) is 74.5 Å². The van der Waals surface area contributed by atoms with Crippen molar-refractivity contribution in [3.05, 3.63) is 78.1 Å². The number of rotatable bonds is 13. The molecule has 1 heteroatoms. The number of hydrogen-bond donors (Lipinski definition) is 0. The van der Waals surface area contributed by atoms with Crippen LogP contribution in [-0.2, 0) is 12.8 Å². The predicted molar refractivity (Wildman–Crippen MR) is 135 cm³/mol. The van der Waals surface area contributed by atoms with Crippen molar-refractivity contribution >= 4 is 0 Å². The molecule has 0 N–H and O–H groups in total. The van der Waals surface area contributed by atoms with Crippen LogP contribution in [0.1, 0.15) is 82.9 Å². The van der Waals surface area contributed by atoms with Gasteiger partial charge in [-0.15, -0.1) is 0 Å². The van der Waals surface area contributed by atoms with E-state index < -0.39 is 0 Å². The molecule has 0 aliphatic heterocycles. The lowest BCUT2D eigenvalue weighted by molar-refractivity contribution is 0.605. The summed E-state index contributed by atoms with van der Waals surface area (Å²) in [6, 6.07) is 22.4. The van der Waals surface area contributed by atoms with Gasteiger partial charge < -0.3 is 0 Å². The first kappa shape index (κ1) is 23.3. The largest absolute Gasteiger partial charge is 0.261 e. The van der Waals surface area contributed by atoms with Crippen molar-refractivity contribution in [1.82, 2.24) is 4.98 Å². The number of benzene rings is 2. The molecule has 0 aliphatic carbocycles. The van der Waals surface area contributed by atoms with Crippen molar-refractivity contribution in [2.24, 2.45) is 0 Å². The summed E-state index contributed by atoms with van der Waals surface area (Å²) in [5.74, 6) is 0. The first-order chi connectivity index (χ1) is 15.3. The molecular formula is C30H39N. The minimum absolute atomic E-state index is 1.10. The fourth-order valence-electron chi connectivity index (χ4n) is 4.13. The van der Waals surface area contributed by atoms with Crippen molar-refractivity contribution < 1.29 is 0 Å². The lowest BCUT2D eigenvalue weighted by Crippen LogP contribution is -1.91. The summed E-state index contributed by atoms with van der Waals surface area (Å²) < 4.78 is 0. The van der Waals surface area contributed by atoms with E-state index in [1.165, 1.54) is 97.7 Å². The van der Waals surface area contributed by atoms with Crippen LogP contribution in [-0.4, -0.2) is 4.98 Å². The van der Waals surface area contributed by atoms with Crippen molar-refractivity contribution in [2.75, 3.05) is 0 Å². The van der Waals surface area contributed by atoms with Crippen LogP contribution >= 0.6 is 0 Å². The molecule has 0 aliphatic rings. The summed E-state index contributed by atoms with van der Waals surface area (Å²) >= 11 is 0. The van der Waals surface area contributed by atoms with Crippen molar-refractivity contribution in [2.45, 2.75) is 84.5 Å². The zero-order valence-corrected chi connectivity index (χ0v) is 19.6. The fourth-order valence-corrected chi connectivity index (χ4v) is 4.13. The molecule has 0 bridgehead atoms. The standard InChI is InChI=1S/C30H39N/c1-3-5-7-8-9-11-13-30-23-22-29(24-31-30)28-20-18-27(19-21-28)26-16-14-25(15-17-26)12-10-6-4-2/h14-24H,3-13H2,1-2H3. The summed E-state index contributed by atoms with van der Waals surface area (Å²) in [5, 5.41) is 0. The molecule has 1 heterocycles. The minimum atomic E-state index is 1.10. The number of pyridine rings is 1. The second-order valence-corrected chi connectivity index (χ2v) is 8.79. The van der Waals surface area contributed by atoms with Gasteiger partial charge in [0.05, 0.1) is 0 Å². The number of unbranched alkanes of at least 4 members (excludes halogenated alkanes) is 7. The van der Waals surface area contributed by atoms with E-state index >= 15 is 0 Å². The van der Waals surface area contributed by atoms with Crippen molar-refractivity contribution in [1.29, 1.82) is 0 Å². The highest BCUT2D eigenvalue weighted by Gasteiger charge is 2.03. The van der Waals surface area contributed by atoms with Gasteiger partial charge in [0.1, 0.15) is 0 Å². The van der Waals surface area contributed by atoms with Gasteiger partial charge in [0.25, 0.3) is 0 Å². The summed E-state index contributed by atoms with van der Waals surface area (Å²) in [4.78, 5) is 4.71. The van der Waals surface area contributed by atoms with Crippen LogP contribution in [0.15, 0.2) is 66.9 Å². The van der Waals surface area contributed by atoms with Gasteiger partial charge in [-0.2, -0.15) is 0 Å². The molecule has 1 nitrogen and oxygen atoms in total. The molecule has 0 radical (unpaired) electrons.